The lowest BCUT2D eigenvalue weighted by Gasteiger charge is -2.38. The monoisotopic (exact) mass is 584 g/mol. The summed E-state index contributed by atoms with van der Waals surface area (Å²) < 4.78 is 52.1. The van der Waals surface area contributed by atoms with Gasteiger partial charge in [-0.05, 0) is 90.2 Å². The summed E-state index contributed by atoms with van der Waals surface area (Å²) in [7, 11) is 0.966. The second-order valence-corrected chi connectivity index (χ2v) is 11.9. The van der Waals surface area contributed by atoms with Crippen LogP contribution in [0.25, 0.3) is 0 Å². The van der Waals surface area contributed by atoms with Crippen molar-refractivity contribution in [3.63, 3.8) is 0 Å². The van der Waals surface area contributed by atoms with E-state index in [0.717, 1.165) is 23.2 Å². The predicted molar refractivity (Wildman–Crippen MR) is 163 cm³/mol. The molecule has 1 aliphatic carbocycles. The van der Waals surface area contributed by atoms with Crippen LogP contribution in [0.15, 0.2) is 102 Å². The molecule has 8 nitrogen and oxygen atoms in total. The van der Waals surface area contributed by atoms with Gasteiger partial charge in [-0.1, -0.05) is 30.4 Å². The van der Waals surface area contributed by atoms with Crippen LogP contribution in [0, 0.1) is 5.92 Å². The lowest BCUT2D eigenvalue weighted by molar-refractivity contribution is 0.322. The van der Waals surface area contributed by atoms with Crippen molar-refractivity contribution in [2.75, 3.05) is 31.4 Å². The Morgan fingerprint density at radius 1 is 0.810 bits per heavy atom. The Morgan fingerprint density at radius 3 is 2.17 bits per heavy atom. The van der Waals surface area contributed by atoms with Crippen molar-refractivity contribution in [3.05, 3.63) is 108 Å². The van der Waals surface area contributed by atoms with Gasteiger partial charge in [0.2, 0.25) is 5.75 Å². The molecule has 0 aromatic heterocycles. The first-order chi connectivity index (χ1) is 20.4. The van der Waals surface area contributed by atoms with E-state index in [1.807, 2.05) is 48.5 Å². The fourth-order valence-electron chi connectivity index (χ4n) is 5.78. The zero-order valence-corrected chi connectivity index (χ0v) is 24.4. The third-order valence-corrected chi connectivity index (χ3v) is 9.16. The average molecular weight is 585 g/mol. The van der Waals surface area contributed by atoms with Crippen molar-refractivity contribution in [2.24, 2.45) is 5.92 Å². The maximum atomic E-state index is 13.4. The van der Waals surface area contributed by atoms with E-state index in [2.05, 4.69) is 22.2 Å². The quantitative estimate of drug-likeness (QED) is 0.202. The van der Waals surface area contributed by atoms with E-state index in [4.69, 9.17) is 18.9 Å². The molecule has 0 amide bonds. The number of nitrogens with one attached hydrogen (secondary N) is 2. The molecule has 0 saturated heterocycles. The van der Waals surface area contributed by atoms with Gasteiger partial charge < -0.3 is 24.3 Å². The Kier molecular flexibility index (Phi) is 7.43. The molecule has 4 aromatic rings. The Hall–Kier alpha value is -4.63. The Balaban J connectivity index is 1.25. The normalized spacial score (nSPS) is 18.8. The van der Waals surface area contributed by atoms with Crippen LogP contribution in [0.2, 0.25) is 0 Å². The second-order valence-electron chi connectivity index (χ2n) is 10.2. The number of allylic oxidation sites excluding steroid dienone is 2. The van der Waals surface area contributed by atoms with E-state index in [9.17, 15) is 8.42 Å². The minimum atomic E-state index is -3.83. The summed E-state index contributed by atoms with van der Waals surface area (Å²) in [6.07, 6.45) is 5.19. The van der Waals surface area contributed by atoms with Gasteiger partial charge in [0.15, 0.2) is 11.5 Å². The molecule has 2 N–H and O–H groups in total. The highest BCUT2D eigenvalue weighted by molar-refractivity contribution is 7.92. The number of ether oxygens (including phenoxy) is 4. The largest absolute Gasteiger partial charge is 0.493 e. The fourth-order valence-corrected chi connectivity index (χ4v) is 6.87. The van der Waals surface area contributed by atoms with Crippen LogP contribution in [0.5, 0.6) is 28.7 Å². The van der Waals surface area contributed by atoms with Crippen molar-refractivity contribution < 1.29 is 27.4 Å². The summed E-state index contributed by atoms with van der Waals surface area (Å²) in [5, 5.41) is 3.66. The SMILES string of the molecule is COc1cc([C@H]2Nc3ccc(S(=O)(=O)Nc4ccc(Oc5ccccc5)cc4)cc3[C@H]3C=CC[C@H]32)cc(OC)c1OC. The van der Waals surface area contributed by atoms with Crippen molar-refractivity contribution in [1.29, 1.82) is 0 Å². The van der Waals surface area contributed by atoms with E-state index in [1.165, 1.54) is 0 Å². The number of anilines is 2. The predicted octanol–water partition coefficient (Wildman–Crippen LogP) is 7.13. The number of para-hydroxylation sites is 1. The minimum absolute atomic E-state index is 0.0385. The maximum absolute atomic E-state index is 13.4. The van der Waals surface area contributed by atoms with Crippen molar-refractivity contribution in [2.45, 2.75) is 23.3 Å². The van der Waals surface area contributed by atoms with Crippen LogP contribution in [0.1, 0.15) is 29.5 Å². The van der Waals surface area contributed by atoms with Gasteiger partial charge >= 0.3 is 0 Å². The van der Waals surface area contributed by atoms with E-state index in [1.54, 1.807) is 57.7 Å². The van der Waals surface area contributed by atoms with Gasteiger partial charge in [-0.15, -0.1) is 0 Å². The highest BCUT2D eigenvalue weighted by Gasteiger charge is 2.39. The van der Waals surface area contributed by atoms with Crippen LogP contribution in [-0.2, 0) is 10.0 Å². The summed E-state index contributed by atoms with van der Waals surface area (Å²) in [6, 6.07) is 25.4. The zero-order valence-electron chi connectivity index (χ0n) is 23.5. The van der Waals surface area contributed by atoms with Gasteiger partial charge in [-0.2, -0.15) is 0 Å². The van der Waals surface area contributed by atoms with E-state index in [-0.39, 0.29) is 22.8 Å². The molecule has 0 spiro atoms. The van der Waals surface area contributed by atoms with Gasteiger partial charge in [0.1, 0.15) is 11.5 Å². The number of benzene rings is 4. The van der Waals surface area contributed by atoms with Crippen molar-refractivity contribution in [3.8, 4) is 28.7 Å². The molecular weight excluding hydrogens is 552 g/mol. The Morgan fingerprint density at radius 2 is 1.50 bits per heavy atom. The van der Waals surface area contributed by atoms with E-state index >= 15 is 0 Å². The van der Waals surface area contributed by atoms with Gasteiger partial charge in [-0.3, -0.25) is 4.72 Å². The molecule has 42 heavy (non-hydrogen) atoms. The van der Waals surface area contributed by atoms with Crippen LogP contribution in [-0.4, -0.2) is 29.7 Å². The number of methoxy groups -OCH3 is 3. The highest BCUT2D eigenvalue weighted by Crippen LogP contribution is 2.52. The number of hydrogen-bond acceptors (Lipinski definition) is 7. The first-order valence-electron chi connectivity index (χ1n) is 13.6. The second kappa shape index (κ2) is 11.3. The first kappa shape index (κ1) is 27.5. The standard InChI is InChI=1S/C33H32N2O6S/c1-38-30-18-21(19-31(39-2)33(30)40-3)32-27-11-7-10-26(27)28-20-25(16-17-29(28)34-32)42(36,37)35-22-12-14-24(15-13-22)41-23-8-5-4-6-9-23/h4-10,12-20,26-27,32,34-35H,11H2,1-3H3/t26-,27+,32+/m0/s1. The molecule has 1 aliphatic heterocycles. The molecule has 9 heteroatoms. The number of fused-ring (bicyclic) bond motifs is 3. The molecule has 2 aliphatic rings. The number of sulfonamides is 1. The average Bonchev–Trinajstić information content (AvgIpc) is 3.51. The van der Waals surface area contributed by atoms with Crippen LogP contribution in [0.3, 0.4) is 0 Å². The van der Waals surface area contributed by atoms with Crippen LogP contribution < -0.4 is 29.0 Å². The van der Waals surface area contributed by atoms with E-state index in [0.29, 0.717) is 34.4 Å². The van der Waals surface area contributed by atoms with Crippen molar-refractivity contribution >= 4 is 21.4 Å². The molecule has 3 atom stereocenters. The van der Waals surface area contributed by atoms with Gasteiger partial charge in [0.25, 0.3) is 10.0 Å². The molecule has 0 radical (unpaired) electrons. The fraction of sp³-hybridized carbons (Fsp3) is 0.212. The first-order valence-corrected chi connectivity index (χ1v) is 15.1. The summed E-state index contributed by atoms with van der Waals surface area (Å²) in [6.45, 7) is 0. The summed E-state index contributed by atoms with van der Waals surface area (Å²) in [4.78, 5) is 0.206. The minimum Gasteiger partial charge on any atom is -0.493 e. The lowest BCUT2D eigenvalue weighted by Crippen LogP contribution is -2.29. The van der Waals surface area contributed by atoms with Crippen LogP contribution >= 0.6 is 0 Å². The topological polar surface area (TPSA) is 95.1 Å². The van der Waals surface area contributed by atoms with Gasteiger partial charge in [0, 0.05) is 17.3 Å². The third-order valence-electron chi connectivity index (χ3n) is 7.78. The summed E-state index contributed by atoms with van der Waals surface area (Å²) in [5.41, 5.74) is 3.30. The zero-order chi connectivity index (χ0) is 29.3. The summed E-state index contributed by atoms with van der Waals surface area (Å²) >= 11 is 0. The molecule has 4 aromatic carbocycles. The molecule has 1 heterocycles. The lowest BCUT2D eigenvalue weighted by atomic mass is 9.77. The summed E-state index contributed by atoms with van der Waals surface area (Å²) in [5.74, 6) is 3.29. The molecule has 0 bridgehead atoms. The molecule has 0 saturated carbocycles. The molecule has 0 fully saturated rings. The Labute approximate surface area is 246 Å². The molecule has 0 unspecified atom stereocenters. The van der Waals surface area contributed by atoms with Gasteiger partial charge in [-0.25, -0.2) is 8.42 Å². The van der Waals surface area contributed by atoms with Crippen molar-refractivity contribution in [1.82, 2.24) is 0 Å². The maximum Gasteiger partial charge on any atom is 0.261 e. The van der Waals surface area contributed by atoms with Crippen LogP contribution in [0.4, 0.5) is 11.4 Å². The molecule has 216 valence electrons. The smallest absolute Gasteiger partial charge is 0.261 e. The third kappa shape index (κ3) is 5.23. The molecule has 6 rings (SSSR count). The molecular formula is C33H32N2O6S. The highest BCUT2D eigenvalue weighted by atomic mass is 32.2. The van der Waals surface area contributed by atoms with Gasteiger partial charge in [0.05, 0.1) is 32.3 Å². The Bertz CT molecular complexity index is 1700. The van der Waals surface area contributed by atoms with E-state index < -0.39 is 10.0 Å². The number of hydrogen-bond donors (Lipinski definition) is 2. The number of rotatable bonds is 9.